The normalized spacial score (nSPS) is 10.6. The van der Waals surface area contributed by atoms with Crippen molar-refractivity contribution in [3.05, 3.63) is 97.3 Å². The van der Waals surface area contributed by atoms with E-state index in [1.54, 1.807) is 36.4 Å². The van der Waals surface area contributed by atoms with Crippen LogP contribution in [0.25, 0.3) is 0 Å². The molecule has 7 heteroatoms. The van der Waals surface area contributed by atoms with E-state index in [-0.39, 0.29) is 5.56 Å². The van der Waals surface area contributed by atoms with E-state index in [1.165, 1.54) is 22.9 Å². The highest BCUT2D eigenvalue weighted by molar-refractivity contribution is 6.35. The van der Waals surface area contributed by atoms with Gasteiger partial charge in [0, 0.05) is 22.3 Å². The first kappa shape index (κ1) is 18.5. The summed E-state index contributed by atoms with van der Waals surface area (Å²) in [6.07, 6.45) is 1.50. The van der Waals surface area contributed by atoms with Gasteiger partial charge >= 0.3 is 0 Å². The lowest BCUT2D eigenvalue weighted by molar-refractivity contribution is 0.102. The molecule has 0 bridgehead atoms. The van der Waals surface area contributed by atoms with Gasteiger partial charge in [-0.15, -0.1) is 0 Å². The Balaban J connectivity index is 1.85. The van der Waals surface area contributed by atoms with Gasteiger partial charge in [-0.1, -0.05) is 46.9 Å². The topological polar surface area (TPSA) is 51.1 Å². The number of amides is 1. The van der Waals surface area contributed by atoms with Gasteiger partial charge in [-0.3, -0.25) is 9.59 Å². The number of hydrogen-bond donors (Lipinski definition) is 1. The van der Waals surface area contributed by atoms with Crippen LogP contribution in [0.15, 0.2) is 65.6 Å². The van der Waals surface area contributed by atoms with Crippen molar-refractivity contribution in [3.63, 3.8) is 0 Å². The lowest BCUT2D eigenvalue weighted by atomic mass is 10.2. The number of rotatable bonds is 4. The number of nitrogens with zero attached hydrogens (tertiary/aromatic N) is 1. The summed E-state index contributed by atoms with van der Waals surface area (Å²) in [5.41, 5.74) is 1.36. The number of anilines is 1. The minimum Gasteiger partial charge on any atom is -0.321 e. The van der Waals surface area contributed by atoms with Crippen LogP contribution in [0.2, 0.25) is 15.1 Å². The summed E-state index contributed by atoms with van der Waals surface area (Å²) in [4.78, 5) is 24.6. The van der Waals surface area contributed by atoms with Gasteiger partial charge in [0.05, 0.1) is 22.8 Å². The second kappa shape index (κ2) is 7.96. The second-order valence-corrected chi connectivity index (χ2v) is 6.87. The number of benzene rings is 2. The largest absolute Gasteiger partial charge is 0.321 e. The van der Waals surface area contributed by atoms with Crippen LogP contribution < -0.4 is 10.9 Å². The van der Waals surface area contributed by atoms with E-state index >= 15 is 0 Å². The molecule has 1 heterocycles. The Kier molecular flexibility index (Phi) is 5.67. The third kappa shape index (κ3) is 4.47. The maximum absolute atomic E-state index is 12.5. The molecule has 0 saturated heterocycles. The van der Waals surface area contributed by atoms with Gasteiger partial charge in [0.2, 0.25) is 0 Å². The van der Waals surface area contributed by atoms with Crippen LogP contribution in [0, 0.1) is 0 Å². The van der Waals surface area contributed by atoms with Gasteiger partial charge in [0.1, 0.15) is 0 Å². The third-order valence-electron chi connectivity index (χ3n) is 3.66. The standard InChI is InChI=1S/C19H13Cl3N2O2/c20-14-3-1-2-12(8-14)10-24-11-13(4-7-18(24)25)19(26)23-17-9-15(21)5-6-16(17)22/h1-9,11H,10H2,(H,23,26). The smallest absolute Gasteiger partial charge is 0.257 e. The highest BCUT2D eigenvalue weighted by atomic mass is 35.5. The molecule has 132 valence electrons. The molecule has 0 unspecified atom stereocenters. The maximum Gasteiger partial charge on any atom is 0.257 e. The van der Waals surface area contributed by atoms with Crippen molar-refractivity contribution in [2.75, 3.05) is 5.32 Å². The number of carbonyl (C=O) groups is 1. The molecule has 0 aliphatic heterocycles. The molecule has 26 heavy (non-hydrogen) atoms. The van der Waals surface area contributed by atoms with Gasteiger partial charge in [0.25, 0.3) is 11.5 Å². The summed E-state index contributed by atoms with van der Waals surface area (Å²) in [7, 11) is 0. The molecule has 2 aromatic carbocycles. The molecule has 3 aromatic rings. The van der Waals surface area contributed by atoms with Crippen molar-refractivity contribution in [1.29, 1.82) is 0 Å². The molecule has 4 nitrogen and oxygen atoms in total. The molecule has 3 rings (SSSR count). The fraction of sp³-hybridized carbons (Fsp3) is 0.0526. The molecule has 0 saturated carbocycles. The molecular weight excluding hydrogens is 395 g/mol. The zero-order valence-corrected chi connectivity index (χ0v) is 15.6. The molecule has 0 fully saturated rings. The highest BCUT2D eigenvalue weighted by Gasteiger charge is 2.11. The first-order valence-electron chi connectivity index (χ1n) is 7.64. The number of carbonyl (C=O) groups excluding carboxylic acids is 1. The molecule has 0 spiro atoms. The van der Waals surface area contributed by atoms with Crippen molar-refractivity contribution in [1.82, 2.24) is 4.57 Å². The van der Waals surface area contributed by atoms with Crippen molar-refractivity contribution in [3.8, 4) is 0 Å². The van der Waals surface area contributed by atoms with E-state index in [9.17, 15) is 9.59 Å². The quantitative estimate of drug-likeness (QED) is 0.653. The average Bonchev–Trinajstić information content (AvgIpc) is 2.60. The van der Waals surface area contributed by atoms with Crippen LogP contribution in [0.4, 0.5) is 5.69 Å². The lowest BCUT2D eigenvalue weighted by Crippen LogP contribution is -2.22. The van der Waals surface area contributed by atoms with Crippen LogP contribution in [0.1, 0.15) is 15.9 Å². The van der Waals surface area contributed by atoms with Gasteiger partial charge in [-0.2, -0.15) is 0 Å². The summed E-state index contributed by atoms with van der Waals surface area (Å²) in [6.45, 7) is 0.304. The van der Waals surface area contributed by atoms with Crippen LogP contribution in [-0.2, 0) is 6.54 Å². The van der Waals surface area contributed by atoms with Crippen LogP contribution >= 0.6 is 34.8 Å². The molecule has 0 aliphatic rings. The molecule has 0 atom stereocenters. The van der Waals surface area contributed by atoms with Crippen molar-refractivity contribution in [2.24, 2.45) is 0 Å². The Hall–Kier alpha value is -2.27. The summed E-state index contributed by atoms with van der Waals surface area (Å²) >= 11 is 18.0. The SMILES string of the molecule is O=C(Nc1cc(Cl)ccc1Cl)c1ccc(=O)n(Cc2cccc(Cl)c2)c1. The Morgan fingerprint density at radius 2 is 1.73 bits per heavy atom. The number of halogens is 3. The average molecular weight is 408 g/mol. The van der Waals surface area contributed by atoms with Gasteiger partial charge < -0.3 is 9.88 Å². The van der Waals surface area contributed by atoms with E-state index in [2.05, 4.69) is 5.32 Å². The Morgan fingerprint density at radius 1 is 0.962 bits per heavy atom. The van der Waals surface area contributed by atoms with Crippen LogP contribution in [0.5, 0.6) is 0 Å². The first-order valence-corrected chi connectivity index (χ1v) is 8.77. The molecule has 0 aliphatic carbocycles. The molecule has 1 aromatic heterocycles. The van der Waals surface area contributed by atoms with E-state index in [0.29, 0.717) is 32.9 Å². The van der Waals surface area contributed by atoms with Crippen molar-refractivity contribution >= 4 is 46.4 Å². The summed E-state index contributed by atoms with van der Waals surface area (Å²) in [6, 6.07) is 14.8. The number of nitrogens with one attached hydrogen (secondary N) is 1. The minimum absolute atomic E-state index is 0.220. The van der Waals surface area contributed by atoms with Crippen molar-refractivity contribution in [2.45, 2.75) is 6.54 Å². The Morgan fingerprint density at radius 3 is 2.50 bits per heavy atom. The Bertz CT molecular complexity index is 1030. The fourth-order valence-electron chi connectivity index (χ4n) is 2.41. The number of aromatic nitrogens is 1. The van der Waals surface area contributed by atoms with Crippen LogP contribution in [-0.4, -0.2) is 10.5 Å². The summed E-state index contributed by atoms with van der Waals surface area (Å²) in [5, 5.41) is 4.10. The molecule has 1 N–H and O–H groups in total. The van der Waals surface area contributed by atoms with Crippen molar-refractivity contribution < 1.29 is 4.79 Å². The monoisotopic (exact) mass is 406 g/mol. The predicted molar refractivity (Wildman–Crippen MR) is 106 cm³/mol. The Labute approximate surface area is 164 Å². The van der Waals surface area contributed by atoms with E-state index < -0.39 is 5.91 Å². The summed E-state index contributed by atoms with van der Waals surface area (Å²) < 4.78 is 1.44. The first-order chi connectivity index (χ1) is 12.4. The van der Waals surface area contributed by atoms with E-state index in [1.807, 2.05) is 6.07 Å². The van der Waals surface area contributed by atoms with Gasteiger partial charge in [-0.25, -0.2) is 0 Å². The predicted octanol–water partition coefficient (Wildman–Crippen LogP) is 5.11. The minimum atomic E-state index is -0.394. The van der Waals surface area contributed by atoms with E-state index in [4.69, 9.17) is 34.8 Å². The highest BCUT2D eigenvalue weighted by Crippen LogP contribution is 2.25. The van der Waals surface area contributed by atoms with E-state index in [0.717, 1.165) is 5.56 Å². The van der Waals surface area contributed by atoms with Gasteiger partial charge in [0.15, 0.2) is 0 Å². The molecular formula is C19H13Cl3N2O2. The summed E-state index contributed by atoms with van der Waals surface area (Å²) in [5.74, 6) is -0.394. The number of hydrogen-bond acceptors (Lipinski definition) is 2. The molecule has 1 amide bonds. The van der Waals surface area contributed by atoms with Gasteiger partial charge in [-0.05, 0) is 42.0 Å². The maximum atomic E-state index is 12.5. The van der Waals surface area contributed by atoms with Crippen LogP contribution in [0.3, 0.4) is 0 Å². The zero-order chi connectivity index (χ0) is 18.7. The zero-order valence-electron chi connectivity index (χ0n) is 13.4. The lowest BCUT2D eigenvalue weighted by Gasteiger charge is -2.10. The fourth-order valence-corrected chi connectivity index (χ4v) is 2.96. The number of pyridine rings is 1. The third-order valence-corrected chi connectivity index (χ3v) is 4.46. The second-order valence-electron chi connectivity index (χ2n) is 5.59. The molecule has 0 radical (unpaired) electrons.